The third kappa shape index (κ3) is 3.10. The van der Waals surface area contributed by atoms with E-state index in [4.69, 9.17) is 0 Å². The van der Waals surface area contributed by atoms with Crippen molar-refractivity contribution in [3.8, 4) is 0 Å². The summed E-state index contributed by atoms with van der Waals surface area (Å²) < 4.78 is 0.833. The van der Waals surface area contributed by atoms with Gasteiger partial charge in [-0.3, -0.25) is 4.98 Å². The van der Waals surface area contributed by atoms with Crippen molar-refractivity contribution in [3.05, 3.63) is 46.6 Å². The Morgan fingerprint density at radius 1 is 1.32 bits per heavy atom. The van der Waals surface area contributed by atoms with E-state index in [1.54, 1.807) is 6.20 Å². The Kier molecular flexibility index (Phi) is 3.46. The number of nitrogens with zero attached hydrogens (tertiary/aromatic N) is 3. The van der Waals surface area contributed by atoms with E-state index in [0.717, 1.165) is 21.9 Å². The van der Waals surface area contributed by atoms with Gasteiger partial charge in [-0.05, 0) is 47.8 Å². The van der Waals surface area contributed by atoms with Gasteiger partial charge in [-0.15, -0.1) is 0 Å². The summed E-state index contributed by atoms with van der Waals surface area (Å²) in [7, 11) is 0. The van der Waals surface area contributed by atoms with Crippen LogP contribution in [0.1, 0.15) is 43.2 Å². The maximum absolute atomic E-state index is 4.58. The van der Waals surface area contributed by atoms with Crippen molar-refractivity contribution in [3.63, 3.8) is 0 Å². The molecule has 1 atom stereocenters. The lowest BCUT2D eigenvalue weighted by atomic mass is 10.2. The summed E-state index contributed by atoms with van der Waals surface area (Å²) in [4.78, 5) is 13.4. The Balaban J connectivity index is 1.79. The Hall–Kier alpha value is -1.49. The molecule has 2 aromatic rings. The number of anilines is 1. The first-order valence-corrected chi connectivity index (χ1v) is 7.23. The van der Waals surface area contributed by atoms with Crippen LogP contribution in [-0.4, -0.2) is 15.0 Å². The first-order chi connectivity index (χ1) is 9.22. The van der Waals surface area contributed by atoms with Crippen LogP contribution in [0.4, 0.5) is 5.82 Å². The van der Waals surface area contributed by atoms with Crippen molar-refractivity contribution in [1.82, 2.24) is 15.0 Å². The molecule has 0 aromatic carbocycles. The first-order valence-electron chi connectivity index (χ1n) is 6.44. The summed E-state index contributed by atoms with van der Waals surface area (Å²) in [6.45, 7) is 2.08. The van der Waals surface area contributed by atoms with Gasteiger partial charge in [0.05, 0.1) is 11.7 Å². The molecule has 2 heterocycles. The summed E-state index contributed by atoms with van der Waals surface area (Å²) >= 11 is 3.45. The number of hydrogen-bond donors (Lipinski definition) is 1. The third-order valence-corrected chi connectivity index (χ3v) is 3.56. The van der Waals surface area contributed by atoms with Gasteiger partial charge in [0.1, 0.15) is 16.2 Å². The van der Waals surface area contributed by atoms with E-state index in [2.05, 4.69) is 43.1 Å². The summed E-state index contributed by atoms with van der Waals surface area (Å²) in [5, 5.41) is 3.38. The number of hydrogen-bond acceptors (Lipinski definition) is 4. The van der Waals surface area contributed by atoms with Crippen molar-refractivity contribution in [2.75, 3.05) is 5.32 Å². The minimum absolute atomic E-state index is 0.120. The highest BCUT2D eigenvalue weighted by atomic mass is 79.9. The summed E-state index contributed by atoms with van der Waals surface area (Å²) in [6.07, 6.45) is 4.20. The molecule has 1 aliphatic rings. The summed E-state index contributed by atoms with van der Waals surface area (Å²) in [6, 6.07) is 7.95. The Labute approximate surface area is 120 Å². The lowest BCUT2D eigenvalue weighted by Gasteiger charge is -2.14. The van der Waals surface area contributed by atoms with Crippen molar-refractivity contribution in [1.29, 1.82) is 0 Å². The molecule has 0 aliphatic heterocycles. The fourth-order valence-electron chi connectivity index (χ4n) is 1.96. The number of pyridine rings is 1. The molecule has 1 saturated carbocycles. The molecule has 1 N–H and O–H groups in total. The van der Waals surface area contributed by atoms with E-state index >= 15 is 0 Å². The molecule has 1 unspecified atom stereocenters. The van der Waals surface area contributed by atoms with Crippen LogP contribution in [0.3, 0.4) is 0 Å². The molecule has 0 radical (unpaired) electrons. The van der Waals surface area contributed by atoms with Gasteiger partial charge < -0.3 is 5.32 Å². The number of halogens is 1. The molecule has 1 aliphatic carbocycles. The van der Waals surface area contributed by atoms with E-state index in [1.165, 1.54) is 12.8 Å². The van der Waals surface area contributed by atoms with Crippen LogP contribution in [0.5, 0.6) is 0 Å². The van der Waals surface area contributed by atoms with Crippen LogP contribution in [0.15, 0.2) is 35.1 Å². The lowest BCUT2D eigenvalue weighted by Crippen LogP contribution is -2.10. The molecule has 0 amide bonds. The van der Waals surface area contributed by atoms with Gasteiger partial charge in [0.25, 0.3) is 0 Å². The predicted octanol–water partition coefficient (Wildman–Crippen LogP) is 3.68. The topological polar surface area (TPSA) is 50.7 Å². The van der Waals surface area contributed by atoms with Crippen molar-refractivity contribution >= 4 is 21.7 Å². The van der Waals surface area contributed by atoms with Gasteiger partial charge >= 0.3 is 0 Å². The smallest absolute Gasteiger partial charge is 0.135 e. The highest BCUT2D eigenvalue weighted by Crippen LogP contribution is 2.39. The van der Waals surface area contributed by atoms with Crippen molar-refractivity contribution < 1.29 is 0 Å². The van der Waals surface area contributed by atoms with E-state index < -0.39 is 0 Å². The monoisotopic (exact) mass is 318 g/mol. The largest absolute Gasteiger partial charge is 0.362 e. The maximum Gasteiger partial charge on any atom is 0.135 e. The molecule has 0 bridgehead atoms. The second-order valence-electron chi connectivity index (χ2n) is 4.83. The van der Waals surface area contributed by atoms with E-state index in [0.29, 0.717) is 5.92 Å². The van der Waals surface area contributed by atoms with Crippen molar-refractivity contribution in [2.45, 2.75) is 31.7 Å². The van der Waals surface area contributed by atoms with Crippen LogP contribution < -0.4 is 5.32 Å². The number of nitrogens with one attached hydrogen (secondary N) is 1. The van der Waals surface area contributed by atoms with E-state index in [9.17, 15) is 0 Å². The van der Waals surface area contributed by atoms with Gasteiger partial charge in [0.15, 0.2) is 0 Å². The zero-order chi connectivity index (χ0) is 13.2. The number of aromatic nitrogens is 3. The Morgan fingerprint density at radius 3 is 2.84 bits per heavy atom. The highest BCUT2D eigenvalue weighted by molar-refractivity contribution is 9.10. The molecular formula is C14H15BrN4. The second-order valence-corrected chi connectivity index (χ2v) is 5.64. The number of rotatable bonds is 4. The van der Waals surface area contributed by atoms with Gasteiger partial charge in [0.2, 0.25) is 0 Å². The minimum atomic E-state index is 0.120. The maximum atomic E-state index is 4.58. The molecule has 1 fully saturated rings. The fraction of sp³-hybridized carbons (Fsp3) is 0.357. The highest BCUT2D eigenvalue weighted by Gasteiger charge is 2.27. The second kappa shape index (κ2) is 5.25. The van der Waals surface area contributed by atoms with E-state index in [1.807, 2.05) is 24.3 Å². The van der Waals surface area contributed by atoms with Crippen LogP contribution in [-0.2, 0) is 0 Å². The quantitative estimate of drug-likeness (QED) is 0.873. The predicted molar refractivity (Wildman–Crippen MR) is 78.0 cm³/mol. The fourth-order valence-corrected chi connectivity index (χ4v) is 2.36. The van der Waals surface area contributed by atoms with Gasteiger partial charge in [-0.1, -0.05) is 6.07 Å². The Morgan fingerprint density at radius 2 is 2.16 bits per heavy atom. The van der Waals surface area contributed by atoms with Crippen LogP contribution in [0, 0.1) is 0 Å². The van der Waals surface area contributed by atoms with E-state index in [-0.39, 0.29) is 6.04 Å². The van der Waals surface area contributed by atoms with Gasteiger partial charge in [0, 0.05) is 18.2 Å². The molecule has 4 nitrogen and oxygen atoms in total. The third-order valence-electron chi connectivity index (χ3n) is 3.15. The van der Waals surface area contributed by atoms with Crippen LogP contribution in [0.2, 0.25) is 0 Å². The minimum Gasteiger partial charge on any atom is -0.362 e. The zero-order valence-corrected chi connectivity index (χ0v) is 12.3. The molecule has 2 aromatic heterocycles. The summed E-state index contributed by atoms with van der Waals surface area (Å²) in [5.74, 6) is 2.33. The molecule has 3 rings (SSSR count). The first kappa shape index (κ1) is 12.5. The molecule has 0 saturated heterocycles. The van der Waals surface area contributed by atoms with Gasteiger partial charge in [-0.2, -0.15) is 0 Å². The molecule has 98 valence electrons. The van der Waals surface area contributed by atoms with Gasteiger partial charge in [-0.25, -0.2) is 9.97 Å². The SMILES string of the molecule is CC(Nc1cc(Br)nc(C2CC2)n1)c1ccccn1. The normalized spacial score (nSPS) is 16.1. The standard InChI is InChI=1S/C14H15BrN4/c1-9(11-4-2-3-7-16-11)17-13-8-12(15)18-14(19-13)10-5-6-10/h2-4,7-10H,5-6H2,1H3,(H,17,18,19). The lowest BCUT2D eigenvalue weighted by molar-refractivity contribution is 0.819. The Bertz CT molecular complexity index is 569. The van der Waals surface area contributed by atoms with Crippen molar-refractivity contribution in [2.24, 2.45) is 0 Å². The summed E-state index contributed by atoms with van der Waals surface area (Å²) in [5.41, 5.74) is 1.00. The molecule has 19 heavy (non-hydrogen) atoms. The average Bonchev–Trinajstić information content (AvgIpc) is 3.23. The zero-order valence-electron chi connectivity index (χ0n) is 10.7. The van der Waals surface area contributed by atoms with Crippen LogP contribution >= 0.6 is 15.9 Å². The molecule has 5 heteroatoms. The average molecular weight is 319 g/mol. The molecule has 0 spiro atoms. The van der Waals surface area contributed by atoms with Crippen LogP contribution in [0.25, 0.3) is 0 Å². The molecular weight excluding hydrogens is 304 g/mol.